The maximum Gasteiger partial charge on any atom is 0.187 e. The van der Waals surface area contributed by atoms with Crippen LogP contribution in [0.4, 0.5) is 0 Å². The van der Waals surface area contributed by atoms with Crippen LogP contribution in [0.3, 0.4) is 0 Å². The van der Waals surface area contributed by atoms with Gasteiger partial charge in [0, 0.05) is 0 Å². The molecule has 18 N–H and O–H groups in total. The Morgan fingerprint density at radius 2 is 0.303 bits per heavy atom. The maximum absolute atomic E-state index is 11.2. The van der Waals surface area contributed by atoms with E-state index >= 15 is 0 Å². The van der Waals surface area contributed by atoms with Gasteiger partial charge in [0.25, 0.3) is 0 Å². The molecule has 0 amide bonds. The third-order valence-electron chi connectivity index (χ3n) is 12.7. The van der Waals surface area contributed by atoms with Gasteiger partial charge in [0.15, 0.2) is 37.7 Å². The van der Waals surface area contributed by atoms with Crippen LogP contribution in [0.1, 0.15) is 0 Å². The van der Waals surface area contributed by atoms with E-state index in [1.165, 1.54) is 0 Å². The van der Waals surface area contributed by atoms with Crippen LogP contribution in [-0.2, 0) is 56.8 Å². The fourth-order valence-corrected chi connectivity index (χ4v) is 8.93. The number of rotatable bonds is 6. The van der Waals surface area contributed by atoms with Crippen LogP contribution < -0.4 is 0 Å². The van der Waals surface area contributed by atoms with Crippen molar-refractivity contribution in [2.24, 2.45) is 0 Å². The predicted octanol–water partition coefficient (Wildman–Crippen LogP) is -13.1. The number of aliphatic hydroxyl groups excluding tert-OH is 18. The molecule has 384 valence electrons. The molecule has 22 aliphatic heterocycles. The van der Waals surface area contributed by atoms with Gasteiger partial charge in [-0.15, -0.1) is 0 Å². The lowest BCUT2D eigenvalue weighted by molar-refractivity contribution is -0.404. The molecule has 22 rings (SSSR count). The van der Waals surface area contributed by atoms with E-state index in [2.05, 4.69) is 0 Å². The van der Waals surface area contributed by atoms with Gasteiger partial charge in [0.2, 0.25) is 0 Å². The monoisotopic (exact) mass is 972 g/mol. The average molecular weight is 973 g/mol. The van der Waals surface area contributed by atoms with Gasteiger partial charge in [0.05, 0.1) is 39.6 Å². The number of hydrogen-bond acceptors (Lipinski definition) is 30. The Morgan fingerprint density at radius 3 is 0.409 bits per heavy atom. The first-order chi connectivity index (χ1) is 31.4. The van der Waals surface area contributed by atoms with E-state index in [0.717, 1.165) is 0 Å². The van der Waals surface area contributed by atoms with Crippen molar-refractivity contribution < 1.29 is 149 Å². The largest absolute Gasteiger partial charge is 0.394 e. The normalized spacial score (nSPS) is 55.4. The molecule has 0 aromatic heterocycles. The number of hydrogen-bond donors (Lipinski definition) is 18. The van der Waals surface area contributed by atoms with Crippen molar-refractivity contribution in [3.05, 3.63) is 0 Å². The van der Waals surface area contributed by atoms with Crippen LogP contribution in [0.2, 0.25) is 0 Å². The van der Waals surface area contributed by atoms with E-state index in [-0.39, 0.29) is 0 Å². The van der Waals surface area contributed by atoms with E-state index in [0.29, 0.717) is 0 Å². The highest BCUT2D eigenvalue weighted by molar-refractivity contribution is 5.01. The average Bonchev–Trinajstić information content (AvgIpc) is 3.31. The molecule has 22 aliphatic rings. The van der Waals surface area contributed by atoms with Gasteiger partial charge in [0.1, 0.15) is 146 Å². The van der Waals surface area contributed by atoms with Crippen LogP contribution >= 0.6 is 0 Å². The lowest BCUT2D eigenvalue weighted by Gasteiger charge is -2.50. The van der Waals surface area contributed by atoms with E-state index in [9.17, 15) is 91.9 Å². The zero-order valence-electron chi connectivity index (χ0n) is 34.5. The summed E-state index contributed by atoms with van der Waals surface area (Å²) in [6.45, 7) is -5.99. The summed E-state index contributed by atoms with van der Waals surface area (Å²) < 4.78 is 67.9. The molecule has 0 radical (unpaired) electrons. The molecule has 30 heteroatoms. The molecule has 0 unspecified atom stereocenters. The summed E-state index contributed by atoms with van der Waals surface area (Å²) in [5, 5.41) is 196. The van der Waals surface area contributed by atoms with E-state index in [4.69, 9.17) is 56.8 Å². The molecular formula is C36H60O30. The van der Waals surface area contributed by atoms with Gasteiger partial charge in [-0.05, 0) is 0 Å². The van der Waals surface area contributed by atoms with Gasteiger partial charge in [-0.25, -0.2) is 0 Å². The SMILES string of the molecule is OC[C@@H]1O[C@H]2O[C@@H]3[C@@H](O)[C@@H](O)[C@H](O[C@@H]4[C@@H](O)[C@@H](O)[C@H](O[C@@H]5[C@@H](O)[C@@H](O)[C@H](O[C@@H]6[C@@H](O)[C@@H](O)[C@H](O[C@H]7[C@H](O)[C@H](O)[C@H](O[C@@H]1[C@@H](O)[C@H]2O)O[C@H]7CO)O[C@H]6CO)O[C@H]5CO)O[C@H]4CO)O[C@H]3CO. The second-order valence-corrected chi connectivity index (χ2v) is 16.8. The first kappa shape index (κ1) is 52.6. The van der Waals surface area contributed by atoms with Crippen LogP contribution in [0.15, 0.2) is 0 Å². The highest BCUT2D eigenvalue weighted by Crippen LogP contribution is 2.38. The fraction of sp³-hybridized carbons (Fsp3) is 1.00. The Hall–Kier alpha value is -1.20. The van der Waals surface area contributed by atoms with Crippen LogP contribution in [0, 0.1) is 0 Å². The summed E-state index contributed by atoms with van der Waals surface area (Å²) in [5.74, 6) is 0. The molecule has 0 saturated carbocycles. The number of ether oxygens (including phenoxy) is 12. The molecule has 0 aliphatic carbocycles. The first-order valence-electron chi connectivity index (χ1n) is 21.1. The van der Waals surface area contributed by atoms with Crippen molar-refractivity contribution in [3.63, 3.8) is 0 Å². The Balaban J connectivity index is 1.19. The topological polar surface area (TPSA) is 475 Å². The summed E-state index contributed by atoms with van der Waals surface area (Å²) in [6, 6.07) is 0. The Labute approximate surface area is 372 Å². The third-order valence-corrected chi connectivity index (χ3v) is 12.7. The summed E-state index contributed by atoms with van der Waals surface area (Å²) in [7, 11) is 0. The van der Waals surface area contributed by atoms with E-state index < -0.39 is 224 Å². The van der Waals surface area contributed by atoms with Gasteiger partial charge in [-0.1, -0.05) is 0 Å². The summed E-state index contributed by atoms with van der Waals surface area (Å²) in [4.78, 5) is 0. The molecule has 22 heterocycles. The summed E-state index contributed by atoms with van der Waals surface area (Å²) >= 11 is 0. The third kappa shape index (κ3) is 10.0. The van der Waals surface area contributed by atoms with Crippen molar-refractivity contribution in [1.82, 2.24) is 0 Å². The molecular weight excluding hydrogens is 912 g/mol. The molecule has 0 spiro atoms. The van der Waals surface area contributed by atoms with Gasteiger partial charge in [-0.3, -0.25) is 0 Å². The molecule has 0 aromatic carbocycles. The molecule has 22 saturated heterocycles. The second-order valence-electron chi connectivity index (χ2n) is 16.8. The zero-order chi connectivity index (χ0) is 48.0. The standard InChI is InChI=1S/C36H60O30/c37-1-7-25-13(43)19(49)31(55-7)62-26-8(2-38)57-33(21(51)15(26)45)64-28-10(4-40)59-35(23(53)17(28)47)66-30-12(6-42)60-36(24(54)18(30)48)65-29-11(5-41)58-34(22(52)16(29)46)63-27-9(3-39)56-32(61-25)20(50)14(27)44/h7-54H,1-6H2/t7-,8-,9-,10-,11-,12-,13-,14-,15-,16-,17-,18+,19+,20+,21+,22+,23+,24-,25-,26-,27-,28-,29-,30+,31-,32-,33-,34-,35-,36-/m0/s1. The maximum atomic E-state index is 11.2. The fourth-order valence-electron chi connectivity index (χ4n) is 8.93. The Bertz CT molecular complexity index is 1230. The highest BCUT2D eigenvalue weighted by atomic mass is 16.8. The molecule has 0 aromatic rings. The zero-order valence-corrected chi connectivity index (χ0v) is 34.5. The second kappa shape index (κ2) is 22.1. The highest BCUT2D eigenvalue weighted by Gasteiger charge is 2.58. The molecule has 66 heavy (non-hydrogen) atoms. The summed E-state index contributed by atoms with van der Waals surface area (Å²) in [6.07, 6.45) is -58.5. The minimum atomic E-state index is -2.15. The van der Waals surface area contributed by atoms with Crippen molar-refractivity contribution >= 4 is 0 Å². The van der Waals surface area contributed by atoms with Crippen LogP contribution in [0.25, 0.3) is 0 Å². The van der Waals surface area contributed by atoms with Crippen LogP contribution in [0.5, 0.6) is 0 Å². The van der Waals surface area contributed by atoms with Crippen molar-refractivity contribution in [2.75, 3.05) is 39.6 Å². The lowest BCUT2D eigenvalue weighted by Crippen LogP contribution is -2.69. The van der Waals surface area contributed by atoms with Gasteiger partial charge in [-0.2, -0.15) is 0 Å². The molecule has 30 atom stereocenters. The van der Waals surface area contributed by atoms with E-state index in [1.54, 1.807) is 0 Å². The predicted molar refractivity (Wildman–Crippen MR) is 196 cm³/mol. The van der Waals surface area contributed by atoms with Crippen molar-refractivity contribution in [2.45, 2.75) is 184 Å². The Kier molecular flexibility index (Phi) is 17.6. The van der Waals surface area contributed by atoms with Gasteiger partial charge >= 0.3 is 0 Å². The Morgan fingerprint density at radius 1 is 0.182 bits per heavy atom. The van der Waals surface area contributed by atoms with Crippen LogP contribution in [-0.4, -0.2) is 316 Å². The molecule has 12 bridgehead atoms. The van der Waals surface area contributed by atoms with E-state index in [1.807, 2.05) is 0 Å². The minimum Gasteiger partial charge on any atom is -0.394 e. The van der Waals surface area contributed by atoms with Gasteiger partial charge < -0.3 is 149 Å². The lowest BCUT2D eigenvalue weighted by atomic mass is 9.94. The first-order valence-corrected chi connectivity index (χ1v) is 21.1. The summed E-state index contributed by atoms with van der Waals surface area (Å²) in [5.41, 5.74) is 0. The smallest absolute Gasteiger partial charge is 0.187 e. The molecule has 22 fully saturated rings. The van der Waals surface area contributed by atoms with Crippen molar-refractivity contribution in [1.29, 1.82) is 0 Å². The van der Waals surface area contributed by atoms with Crippen molar-refractivity contribution in [3.8, 4) is 0 Å². The quantitative estimate of drug-likeness (QED) is 0.117. The minimum absolute atomic E-state index is 0.999. The molecule has 30 nitrogen and oxygen atoms in total. The number of aliphatic hydroxyl groups is 18.